The Bertz CT molecular complexity index is 1180. The van der Waals surface area contributed by atoms with Crippen molar-refractivity contribution in [3.05, 3.63) is 54.2 Å². The third kappa shape index (κ3) is 5.33. The average Bonchev–Trinajstić information content (AvgIpc) is 3.40. The quantitative estimate of drug-likeness (QED) is 0.453. The van der Waals surface area contributed by atoms with Gasteiger partial charge in [0.1, 0.15) is 17.6 Å². The number of rotatable bonds is 10. The molecule has 8 nitrogen and oxygen atoms in total. The van der Waals surface area contributed by atoms with Crippen LogP contribution in [0.3, 0.4) is 0 Å². The zero-order valence-corrected chi connectivity index (χ0v) is 18.8. The van der Waals surface area contributed by atoms with Crippen molar-refractivity contribution < 1.29 is 27.8 Å². The molecule has 0 bridgehead atoms. The molecule has 1 N–H and O–H groups in total. The molecule has 180 valence electrons. The second-order valence-corrected chi connectivity index (χ2v) is 8.06. The van der Waals surface area contributed by atoms with Crippen LogP contribution in [0.4, 0.5) is 19.3 Å². The van der Waals surface area contributed by atoms with Crippen LogP contribution in [0.15, 0.2) is 42.7 Å². The summed E-state index contributed by atoms with van der Waals surface area (Å²) >= 11 is 0. The second kappa shape index (κ2) is 10.6. The lowest BCUT2D eigenvalue weighted by Gasteiger charge is -2.14. The summed E-state index contributed by atoms with van der Waals surface area (Å²) in [5.41, 5.74) is 2.89. The topological polar surface area (TPSA) is 85.2 Å². The van der Waals surface area contributed by atoms with Gasteiger partial charge in [0.15, 0.2) is 0 Å². The molecule has 0 saturated carbocycles. The van der Waals surface area contributed by atoms with Gasteiger partial charge in [0.05, 0.1) is 43.9 Å². The minimum Gasteiger partial charge on any atom is -0.442 e. The first-order valence-corrected chi connectivity index (χ1v) is 11.1. The molecule has 3 heterocycles. The number of benzene rings is 1. The van der Waals surface area contributed by atoms with Crippen LogP contribution in [0.25, 0.3) is 16.8 Å². The Hall–Kier alpha value is -3.53. The van der Waals surface area contributed by atoms with Crippen LogP contribution < -0.4 is 10.2 Å². The standard InChI is InChI=1S/C24H26F2N4O4/c1-16(31)27-13-20-14-30(24(32)34-20)18-4-5-21(22(26)11-18)17-6-8-29-19(12-28-23(29)10-17)15-33-9-3-2-7-25/h4-6,8,10-12,20H,2-3,7,9,13-15H2,1H3,(H,27,31)/t20-/m0/s1. The Morgan fingerprint density at radius 1 is 1.29 bits per heavy atom. The number of ether oxygens (including phenoxy) is 2. The monoisotopic (exact) mass is 472 g/mol. The minimum absolute atomic E-state index is 0.202. The number of aromatic nitrogens is 2. The van der Waals surface area contributed by atoms with Crippen LogP contribution in [0.1, 0.15) is 25.5 Å². The first-order valence-electron chi connectivity index (χ1n) is 11.1. The lowest BCUT2D eigenvalue weighted by Crippen LogP contribution is -2.33. The fraction of sp³-hybridized carbons (Fsp3) is 0.375. The number of hydrogen-bond donors (Lipinski definition) is 1. The van der Waals surface area contributed by atoms with E-state index in [0.29, 0.717) is 48.5 Å². The Kier molecular flexibility index (Phi) is 7.36. The summed E-state index contributed by atoms with van der Waals surface area (Å²) in [6, 6.07) is 8.13. The number of alkyl halides is 1. The van der Waals surface area contributed by atoms with Crippen molar-refractivity contribution in [1.29, 1.82) is 0 Å². The molecule has 10 heteroatoms. The summed E-state index contributed by atoms with van der Waals surface area (Å²) < 4.78 is 39.9. The maximum absolute atomic E-state index is 15.0. The van der Waals surface area contributed by atoms with E-state index in [1.54, 1.807) is 36.7 Å². The average molecular weight is 472 g/mol. The lowest BCUT2D eigenvalue weighted by molar-refractivity contribution is -0.119. The fourth-order valence-corrected chi connectivity index (χ4v) is 3.79. The molecule has 1 aliphatic heterocycles. The van der Waals surface area contributed by atoms with Gasteiger partial charge in [-0.25, -0.2) is 14.2 Å². The van der Waals surface area contributed by atoms with Crippen molar-refractivity contribution in [1.82, 2.24) is 14.7 Å². The van der Waals surface area contributed by atoms with Crippen molar-refractivity contribution in [3.63, 3.8) is 0 Å². The summed E-state index contributed by atoms with van der Waals surface area (Å²) in [4.78, 5) is 29.0. The van der Waals surface area contributed by atoms with Crippen molar-refractivity contribution in [2.75, 3.05) is 31.3 Å². The highest BCUT2D eigenvalue weighted by atomic mass is 19.1. The number of nitrogens with one attached hydrogen (secondary N) is 1. The van der Waals surface area contributed by atoms with E-state index in [1.807, 2.05) is 4.40 Å². The predicted octanol–water partition coefficient (Wildman–Crippen LogP) is 3.87. The lowest BCUT2D eigenvalue weighted by atomic mass is 10.1. The number of nitrogens with zero attached hydrogens (tertiary/aromatic N) is 3. The van der Waals surface area contributed by atoms with Crippen molar-refractivity contribution >= 4 is 23.3 Å². The van der Waals surface area contributed by atoms with Gasteiger partial charge in [0.2, 0.25) is 5.91 Å². The van der Waals surface area contributed by atoms with Crippen molar-refractivity contribution in [2.24, 2.45) is 0 Å². The number of amides is 2. The molecule has 4 rings (SSSR count). The highest BCUT2D eigenvalue weighted by Gasteiger charge is 2.32. The SMILES string of the molecule is CC(=O)NC[C@H]1CN(c2ccc(-c3ccn4c(COCCCCF)cnc4c3)c(F)c2)C(=O)O1. The number of hydrogen-bond acceptors (Lipinski definition) is 5. The summed E-state index contributed by atoms with van der Waals surface area (Å²) in [6.45, 7) is 2.29. The number of imidazole rings is 1. The van der Waals surface area contributed by atoms with Crippen LogP contribution in [0.2, 0.25) is 0 Å². The molecule has 0 radical (unpaired) electrons. The first kappa shape index (κ1) is 23.6. The number of unbranched alkanes of at least 4 members (excludes halogenated alkanes) is 1. The van der Waals surface area contributed by atoms with E-state index < -0.39 is 18.0 Å². The maximum Gasteiger partial charge on any atom is 0.414 e. The summed E-state index contributed by atoms with van der Waals surface area (Å²) in [5.74, 6) is -0.699. The van der Waals surface area contributed by atoms with Crippen LogP contribution in [0, 0.1) is 5.82 Å². The zero-order chi connectivity index (χ0) is 24.1. The fourth-order valence-electron chi connectivity index (χ4n) is 3.79. The number of fused-ring (bicyclic) bond motifs is 1. The predicted molar refractivity (Wildman–Crippen MR) is 122 cm³/mol. The number of carbonyl (C=O) groups is 2. The maximum atomic E-state index is 15.0. The minimum atomic E-state index is -0.583. The number of pyridine rings is 1. The second-order valence-electron chi connectivity index (χ2n) is 8.06. The van der Waals surface area contributed by atoms with Crippen LogP contribution in [-0.2, 0) is 20.9 Å². The molecule has 1 fully saturated rings. The molecule has 34 heavy (non-hydrogen) atoms. The highest BCUT2D eigenvalue weighted by molar-refractivity contribution is 5.90. The normalized spacial score (nSPS) is 15.7. The third-order valence-corrected chi connectivity index (χ3v) is 5.54. The van der Waals surface area contributed by atoms with E-state index in [1.165, 1.54) is 17.9 Å². The zero-order valence-electron chi connectivity index (χ0n) is 18.8. The Morgan fingerprint density at radius 3 is 2.91 bits per heavy atom. The van der Waals surface area contributed by atoms with Gasteiger partial charge in [0.25, 0.3) is 0 Å². The number of cyclic esters (lactones) is 1. The van der Waals surface area contributed by atoms with Gasteiger partial charge in [-0.2, -0.15) is 0 Å². The van der Waals surface area contributed by atoms with Gasteiger partial charge in [-0.3, -0.25) is 14.1 Å². The summed E-state index contributed by atoms with van der Waals surface area (Å²) in [6.07, 6.45) is 3.57. The molecule has 0 aliphatic carbocycles. The molecular weight excluding hydrogens is 446 g/mol. The number of carbonyl (C=O) groups excluding carboxylic acids is 2. The largest absolute Gasteiger partial charge is 0.442 e. The van der Waals surface area contributed by atoms with Crippen molar-refractivity contribution in [2.45, 2.75) is 32.5 Å². The number of anilines is 1. The van der Waals surface area contributed by atoms with Crippen LogP contribution in [0.5, 0.6) is 0 Å². The van der Waals surface area contributed by atoms with Gasteiger partial charge in [-0.15, -0.1) is 0 Å². The van der Waals surface area contributed by atoms with E-state index in [-0.39, 0.29) is 25.7 Å². The molecule has 0 unspecified atom stereocenters. The molecule has 0 spiro atoms. The van der Waals surface area contributed by atoms with Gasteiger partial charge in [-0.1, -0.05) is 0 Å². The van der Waals surface area contributed by atoms with E-state index in [2.05, 4.69) is 10.3 Å². The van der Waals surface area contributed by atoms with Crippen LogP contribution >= 0.6 is 0 Å². The molecular formula is C24H26F2N4O4. The van der Waals surface area contributed by atoms with E-state index in [9.17, 15) is 14.0 Å². The van der Waals surface area contributed by atoms with Gasteiger partial charge in [0, 0.05) is 25.3 Å². The Balaban J connectivity index is 1.46. The third-order valence-electron chi connectivity index (χ3n) is 5.54. The molecule has 1 atom stereocenters. The molecule has 2 aromatic heterocycles. The highest BCUT2D eigenvalue weighted by Crippen LogP contribution is 2.29. The molecule has 1 aliphatic rings. The summed E-state index contributed by atoms with van der Waals surface area (Å²) in [7, 11) is 0. The van der Waals surface area contributed by atoms with Gasteiger partial charge in [-0.05, 0) is 48.7 Å². The molecule has 1 aromatic carbocycles. The Morgan fingerprint density at radius 2 is 2.15 bits per heavy atom. The Labute approximate surface area is 195 Å². The van der Waals surface area contributed by atoms with Gasteiger partial charge < -0.3 is 19.2 Å². The van der Waals surface area contributed by atoms with Crippen LogP contribution in [-0.4, -0.2) is 53.9 Å². The van der Waals surface area contributed by atoms with E-state index in [4.69, 9.17) is 9.47 Å². The molecule has 2 amide bonds. The van der Waals surface area contributed by atoms with E-state index in [0.717, 1.165) is 5.69 Å². The van der Waals surface area contributed by atoms with Crippen molar-refractivity contribution in [3.8, 4) is 11.1 Å². The molecule has 3 aromatic rings. The smallest absolute Gasteiger partial charge is 0.414 e. The van der Waals surface area contributed by atoms with Gasteiger partial charge >= 0.3 is 6.09 Å². The molecule has 1 saturated heterocycles. The summed E-state index contributed by atoms with van der Waals surface area (Å²) in [5, 5.41) is 2.61. The van der Waals surface area contributed by atoms with E-state index >= 15 is 4.39 Å². The number of halogens is 2. The first-order chi connectivity index (χ1) is 16.5.